The van der Waals surface area contributed by atoms with Crippen LogP contribution in [0.5, 0.6) is 0 Å². The lowest BCUT2D eigenvalue weighted by molar-refractivity contribution is 0.597. The summed E-state index contributed by atoms with van der Waals surface area (Å²) in [5.74, 6) is 0. The highest BCUT2D eigenvalue weighted by Crippen LogP contribution is 2.24. The average molecular weight is 292 g/mol. The van der Waals surface area contributed by atoms with Crippen LogP contribution in [0.2, 0.25) is 0 Å². The van der Waals surface area contributed by atoms with Gasteiger partial charge in [-0.2, -0.15) is 13.5 Å². The summed E-state index contributed by atoms with van der Waals surface area (Å²) in [6, 6.07) is 8.89. The highest BCUT2D eigenvalue weighted by atomic mass is 32.2. The Balaban J connectivity index is 1.82. The summed E-state index contributed by atoms with van der Waals surface area (Å²) in [6.07, 6.45) is 3.78. The number of rotatable bonds is 4. The third-order valence-corrected chi connectivity index (χ3v) is 4.65. The second kappa shape index (κ2) is 5.16. The summed E-state index contributed by atoms with van der Waals surface area (Å²) in [6.45, 7) is 2.05. The number of hydrogen-bond donors (Lipinski definition) is 2. The predicted molar refractivity (Wildman–Crippen MR) is 77.3 cm³/mol. The summed E-state index contributed by atoms with van der Waals surface area (Å²) >= 11 is 0. The summed E-state index contributed by atoms with van der Waals surface area (Å²) in [7, 11) is -3.60. The molecule has 1 aromatic carbocycles. The molecule has 2 heterocycles. The first kappa shape index (κ1) is 13.0. The van der Waals surface area contributed by atoms with Crippen LogP contribution in [0.3, 0.4) is 0 Å². The summed E-state index contributed by atoms with van der Waals surface area (Å²) in [5, 5.41) is 6.17. The molecular formula is C13H16N4O2S. The molecule has 6 nitrogen and oxygen atoms in total. The van der Waals surface area contributed by atoms with Crippen molar-refractivity contribution in [2.75, 3.05) is 22.7 Å². The number of sulfonamides is 1. The lowest BCUT2D eigenvalue weighted by Crippen LogP contribution is -2.18. The van der Waals surface area contributed by atoms with Crippen LogP contribution in [0.25, 0.3) is 0 Å². The molecule has 0 atom stereocenters. The van der Waals surface area contributed by atoms with E-state index in [0.29, 0.717) is 5.69 Å². The topological polar surface area (TPSA) is 78.1 Å². The zero-order chi connectivity index (χ0) is 14.0. The number of benzene rings is 1. The largest absolute Gasteiger partial charge is 0.371 e. The third kappa shape index (κ3) is 2.62. The maximum absolute atomic E-state index is 12.1. The first-order chi connectivity index (χ1) is 9.65. The van der Waals surface area contributed by atoms with Crippen molar-refractivity contribution < 1.29 is 8.42 Å². The fraction of sp³-hybridized carbons (Fsp3) is 0.308. The Morgan fingerprint density at radius 1 is 1.20 bits per heavy atom. The van der Waals surface area contributed by atoms with Crippen molar-refractivity contribution in [3.05, 3.63) is 36.5 Å². The molecule has 1 aliphatic rings. The minimum Gasteiger partial charge on any atom is -0.371 e. The van der Waals surface area contributed by atoms with E-state index in [-0.39, 0.29) is 5.03 Å². The van der Waals surface area contributed by atoms with Crippen LogP contribution in [0, 0.1) is 0 Å². The number of aromatic nitrogens is 2. The molecule has 106 valence electrons. The maximum atomic E-state index is 12.1. The van der Waals surface area contributed by atoms with E-state index in [0.717, 1.165) is 18.8 Å². The van der Waals surface area contributed by atoms with Crippen LogP contribution in [0.15, 0.2) is 41.6 Å². The van der Waals surface area contributed by atoms with E-state index in [4.69, 9.17) is 0 Å². The average Bonchev–Trinajstić information content (AvgIpc) is 3.12. The molecule has 0 amide bonds. The normalized spacial score (nSPS) is 15.5. The Bertz CT molecular complexity index is 676. The van der Waals surface area contributed by atoms with Gasteiger partial charge in [0, 0.05) is 18.8 Å². The zero-order valence-electron chi connectivity index (χ0n) is 10.9. The van der Waals surface area contributed by atoms with Gasteiger partial charge in [-0.15, -0.1) is 0 Å². The van der Waals surface area contributed by atoms with Gasteiger partial charge in [-0.25, -0.2) is 0 Å². The molecule has 0 unspecified atom stereocenters. The second-order valence-electron chi connectivity index (χ2n) is 4.77. The smallest absolute Gasteiger partial charge is 0.278 e. The highest BCUT2D eigenvalue weighted by molar-refractivity contribution is 7.92. The van der Waals surface area contributed by atoms with Gasteiger partial charge in [-0.3, -0.25) is 9.82 Å². The Kier molecular flexibility index (Phi) is 3.35. The lowest BCUT2D eigenvalue weighted by atomic mass is 10.2. The molecule has 2 N–H and O–H groups in total. The van der Waals surface area contributed by atoms with Crippen molar-refractivity contribution in [3.63, 3.8) is 0 Å². The van der Waals surface area contributed by atoms with Crippen molar-refractivity contribution >= 4 is 21.4 Å². The van der Waals surface area contributed by atoms with E-state index >= 15 is 0 Å². The van der Waals surface area contributed by atoms with Gasteiger partial charge in [0.15, 0.2) is 5.03 Å². The van der Waals surface area contributed by atoms with Crippen LogP contribution >= 0.6 is 0 Å². The molecule has 0 radical (unpaired) electrons. The fourth-order valence-electron chi connectivity index (χ4n) is 2.34. The number of hydrogen-bond acceptors (Lipinski definition) is 4. The van der Waals surface area contributed by atoms with Gasteiger partial charge in [0.1, 0.15) is 0 Å². The Hall–Kier alpha value is -2.02. The van der Waals surface area contributed by atoms with Crippen molar-refractivity contribution in [1.82, 2.24) is 10.2 Å². The number of nitrogens with one attached hydrogen (secondary N) is 2. The van der Waals surface area contributed by atoms with Gasteiger partial charge in [-0.1, -0.05) is 6.07 Å². The molecule has 1 saturated heterocycles. The molecule has 1 aliphatic heterocycles. The number of aromatic amines is 1. The summed E-state index contributed by atoms with van der Waals surface area (Å²) < 4.78 is 26.8. The van der Waals surface area contributed by atoms with Crippen molar-refractivity contribution in [2.24, 2.45) is 0 Å². The van der Waals surface area contributed by atoms with Crippen LogP contribution in [-0.2, 0) is 10.0 Å². The van der Waals surface area contributed by atoms with Gasteiger partial charge >= 0.3 is 0 Å². The molecule has 0 aliphatic carbocycles. The fourth-order valence-corrected chi connectivity index (χ4v) is 3.30. The molecule has 7 heteroatoms. The van der Waals surface area contributed by atoms with E-state index in [1.165, 1.54) is 25.1 Å². The molecule has 20 heavy (non-hydrogen) atoms. The second-order valence-corrected chi connectivity index (χ2v) is 6.42. The molecule has 0 bridgehead atoms. The van der Waals surface area contributed by atoms with Crippen LogP contribution < -0.4 is 9.62 Å². The molecule has 2 aromatic rings. The maximum Gasteiger partial charge on any atom is 0.278 e. The first-order valence-electron chi connectivity index (χ1n) is 6.52. The number of nitrogens with zero attached hydrogens (tertiary/aromatic N) is 2. The van der Waals surface area contributed by atoms with E-state index < -0.39 is 10.0 Å². The quantitative estimate of drug-likeness (QED) is 0.901. The molecule has 0 saturated carbocycles. The van der Waals surface area contributed by atoms with Crippen molar-refractivity contribution in [1.29, 1.82) is 0 Å². The van der Waals surface area contributed by atoms with Crippen molar-refractivity contribution in [2.45, 2.75) is 17.9 Å². The molecule has 1 fully saturated rings. The Morgan fingerprint density at radius 2 is 2.00 bits per heavy atom. The predicted octanol–water partition coefficient (Wildman–Crippen LogP) is 1.81. The third-order valence-electron chi connectivity index (χ3n) is 3.33. The van der Waals surface area contributed by atoms with Gasteiger partial charge < -0.3 is 4.90 Å². The highest BCUT2D eigenvalue weighted by Gasteiger charge is 2.17. The monoisotopic (exact) mass is 292 g/mol. The van der Waals surface area contributed by atoms with Gasteiger partial charge in [-0.05, 0) is 37.1 Å². The zero-order valence-corrected chi connectivity index (χ0v) is 11.7. The Labute approximate surface area is 117 Å². The van der Waals surface area contributed by atoms with E-state index in [2.05, 4.69) is 19.8 Å². The van der Waals surface area contributed by atoms with Gasteiger partial charge in [0.05, 0.1) is 11.9 Å². The first-order valence-corrected chi connectivity index (χ1v) is 8.01. The molecule has 0 spiro atoms. The molecular weight excluding hydrogens is 276 g/mol. The van der Waals surface area contributed by atoms with Crippen LogP contribution in [-0.4, -0.2) is 31.7 Å². The minimum atomic E-state index is -3.60. The summed E-state index contributed by atoms with van der Waals surface area (Å²) in [4.78, 5) is 2.26. The van der Waals surface area contributed by atoms with Crippen LogP contribution in [0.1, 0.15) is 12.8 Å². The van der Waals surface area contributed by atoms with E-state index in [1.807, 2.05) is 18.2 Å². The minimum absolute atomic E-state index is 0.0593. The number of H-pyrrole nitrogens is 1. The molecule has 1 aromatic heterocycles. The standard InChI is InChI=1S/C13H16N4O2S/c18-20(19,13-6-7-14-15-13)16-11-4-3-5-12(10-11)17-8-1-2-9-17/h3-7,10,16H,1-2,8-9H2,(H,14,15). The van der Waals surface area contributed by atoms with E-state index in [9.17, 15) is 8.42 Å². The van der Waals surface area contributed by atoms with Crippen molar-refractivity contribution in [3.8, 4) is 0 Å². The Morgan fingerprint density at radius 3 is 2.70 bits per heavy atom. The lowest BCUT2D eigenvalue weighted by Gasteiger charge is -2.18. The number of anilines is 2. The summed E-state index contributed by atoms with van der Waals surface area (Å²) in [5.41, 5.74) is 1.61. The van der Waals surface area contributed by atoms with E-state index in [1.54, 1.807) is 6.07 Å². The SMILES string of the molecule is O=S(=O)(Nc1cccc(N2CCCC2)c1)c1ccn[nH]1. The van der Waals surface area contributed by atoms with Gasteiger partial charge in [0.25, 0.3) is 10.0 Å². The van der Waals surface area contributed by atoms with Gasteiger partial charge in [0.2, 0.25) is 0 Å². The van der Waals surface area contributed by atoms with Crippen LogP contribution in [0.4, 0.5) is 11.4 Å². The molecule has 3 rings (SSSR count).